The Morgan fingerprint density at radius 3 is 2.82 bits per heavy atom. The highest BCUT2D eigenvalue weighted by Crippen LogP contribution is 2.15. The second-order valence-corrected chi connectivity index (χ2v) is 6.54. The molecule has 102 valence electrons. The molecule has 0 aromatic carbocycles. The van der Waals surface area contributed by atoms with Gasteiger partial charge in [-0.05, 0) is 24.0 Å². The van der Waals surface area contributed by atoms with Crippen LogP contribution in [0, 0.1) is 5.92 Å². The van der Waals surface area contributed by atoms with Crippen LogP contribution in [0.25, 0.3) is 0 Å². The molecule has 0 bridgehead atoms. The topological polar surface area (TPSA) is 41.6 Å². The SMILES string of the molecule is CC1CCCN(C(N)=NCCSC(C)C)C1.I. The maximum Gasteiger partial charge on any atom is 0.191 e. The van der Waals surface area contributed by atoms with Crippen molar-refractivity contribution < 1.29 is 0 Å². The van der Waals surface area contributed by atoms with Gasteiger partial charge >= 0.3 is 0 Å². The first-order valence-electron chi connectivity index (χ1n) is 6.26. The Balaban J connectivity index is 0.00000256. The number of rotatable bonds is 4. The van der Waals surface area contributed by atoms with E-state index in [1.807, 2.05) is 11.8 Å². The summed E-state index contributed by atoms with van der Waals surface area (Å²) in [6.45, 7) is 9.71. The highest BCUT2D eigenvalue weighted by atomic mass is 127. The molecule has 1 fully saturated rings. The number of nitrogens with zero attached hydrogens (tertiary/aromatic N) is 2. The van der Waals surface area contributed by atoms with Crippen molar-refractivity contribution in [2.75, 3.05) is 25.4 Å². The predicted molar refractivity (Wildman–Crippen MR) is 89.5 cm³/mol. The molecule has 1 heterocycles. The van der Waals surface area contributed by atoms with Crippen molar-refractivity contribution in [3.05, 3.63) is 0 Å². The molecule has 0 aromatic rings. The summed E-state index contributed by atoms with van der Waals surface area (Å²) < 4.78 is 0. The second-order valence-electron chi connectivity index (χ2n) is 4.85. The first kappa shape index (κ1) is 17.4. The zero-order chi connectivity index (χ0) is 12.0. The molecule has 0 aliphatic carbocycles. The molecule has 1 saturated heterocycles. The highest BCUT2D eigenvalue weighted by molar-refractivity contribution is 14.0. The van der Waals surface area contributed by atoms with Crippen LogP contribution < -0.4 is 5.73 Å². The van der Waals surface area contributed by atoms with Gasteiger partial charge in [-0.15, -0.1) is 24.0 Å². The van der Waals surface area contributed by atoms with E-state index in [-0.39, 0.29) is 24.0 Å². The average Bonchev–Trinajstić information content (AvgIpc) is 2.24. The van der Waals surface area contributed by atoms with E-state index >= 15 is 0 Å². The van der Waals surface area contributed by atoms with Crippen molar-refractivity contribution in [3.8, 4) is 0 Å². The van der Waals surface area contributed by atoms with Crippen LogP contribution in [0.4, 0.5) is 0 Å². The minimum absolute atomic E-state index is 0. The lowest BCUT2D eigenvalue weighted by Crippen LogP contribution is -2.43. The monoisotopic (exact) mass is 371 g/mol. The fourth-order valence-electron chi connectivity index (χ4n) is 1.95. The maximum absolute atomic E-state index is 5.99. The lowest BCUT2D eigenvalue weighted by Gasteiger charge is -2.31. The Hall–Kier alpha value is 0.350. The molecule has 1 aliphatic heterocycles. The molecule has 2 N–H and O–H groups in total. The van der Waals surface area contributed by atoms with E-state index in [4.69, 9.17) is 5.73 Å². The van der Waals surface area contributed by atoms with Crippen molar-refractivity contribution in [3.63, 3.8) is 0 Å². The van der Waals surface area contributed by atoms with Crippen LogP contribution in [0.5, 0.6) is 0 Å². The van der Waals surface area contributed by atoms with Crippen LogP contribution in [-0.2, 0) is 0 Å². The van der Waals surface area contributed by atoms with Gasteiger partial charge in [0.1, 0.15) is 0 Å². The summed E-state index contributed by atoms with van der Waals surface area (Å²) in [5, 5.41) is 0.687. The summed E-state index contributed by atoms with van der Waals surface area (Å²) in [5.41, 5.74) is 5.99. The zero-order valence-electron chi connectivity index (χ0n) is 11.2. The summed E-state index contributed by atoms with van der Waals surface area (Å²) in [4.78, 5) is 6.68. The third-order valence-electron chi connectivity index (χ3n) is 2.80. The van der Waals surface area contributed by atoms with Crippen LogP contribution in [0.1, 0.15) is 33.6 Å². The smallest absolute Gasteiger partial charge is 0.191 e. The fourth-order valence-corrected chi connectivity index (χ4v) is 2.61. The van der Waals surface area contributed by atoms with Gasteiger partial charge in [0.05, 0.1) is 6.54 Å². The van der Waals surface area contributed by atoms with E-state index in [0.717, 1.165) is 37.3 Å². The van der Waals surface area contributed by atoms with E-state index in [9.17, 15) is 0 Å². The molecule has 0 radical (unpaired) electrons. The van der Waals surface area contributed by atoms with Gasteiger partial charge in [-0.3, -0.25) is 4.99 Å². The Morgan fingerprint density at radius 1 is 1.53 bits per heavy atom. The van der Waals surface area contributed by atoms with Crippen molar-refractivity contribution in [1.29, 1.82) is 0 Å². The predicted octanol–water partition coefficient (Wildman–Crippen LogP) is 2.79. The molecule has 0 amide bonds. The number of nitrogens with two attached hydrogens (primary N) is 1. The van der Waals surface area contributed by atoms with E-state index in [0.29, 0.717) is 5.25 Å². The molecule has 0 spiro atoms. The minimum Gasteiger partial charge on any atom is -0.370 e. The molecule has 1 rings (SSSR count). The normalized spacial score (nSPS) is 21.5. The molecule has 0 aromatic heterocycles. The molecule has 1 aliphatic rings. The number of aliphatic imine (C=N–C) groups is 1. The first-order chi connectivity index (χ1) is 7.59. The average molecular weight is 371 g/mol. The summed E-state index contributed by atoms with van der Waals surface area (Å²) in [7, 11) is 0. The number of piperidine rings is 1. The zero-order valence-corrected chi connectivity index (χ0v) is 14.3. The molecule has 1 unspecified atom stereocenters. The Labute approximate surface area is 127 Å². The van der Waals surface area contributed by atoms with Gasteiger partial charge in [-0.25, -0.2) is 0 Å². The van der Waals surface area contributed by atoms with Crippen LogP contribution in [0.3, 0.4) is 0 Å². The minimum atomic E-state index is 0. The number of thioether (sulfide) groups is 1. The fraction of sp³-hybridized carbons (Fsp3) is 0.917. The van der Waals surface area contributed by atoms with Gasteiger partial charge in [-0.2, -0.15) is 11.8 Å². The lowest BCUT2D eigenvalue weighted by atomic mass is 10.0. The first-order valence-corrected chi connectivity index (χ1v) is 7.31. The summed E-state index contributed by atoms with van der Waals surface area (Å²) >= 11 is 1.94. The molecule has 5 heteroatoms. The van der Waals surface area contributed by atoms with Crippen LogP contribution >= 0.6 is 35.7 Å². The van der Waals surface area contributed by atoms with Crippen molar-refractivity contribution in [1.82, 2.24) is 4.90 Å². The number of guanidine groups is 1. The third kappa shape index (κ3) is 7.39. The van der Waals surface area contributed by atoms with E-state index in [1.165, 1.54) is 12.8 Å². The molecule has 0 saturated carbocycles. The van der Waals surface area contributed by atoms with Crippen LogP contribution in [-0.4, -0.2) is 41.5 Å². The van der Waals surface area contributed by atoms with Crippen molar-refractivity contribution >= 4 is 41.7 Å². The Kier molecular flexibility index (Phi) is 9.49. The van der Waals surface area contributed by atoms with Gasteiger partial charge < -0.3 is 10.6 Å². The second kappa shape index (κ2) is 9.30. The van der Waals surface area contributed by atoms with Crippen molar-refractivity contribution in [2.24, 2.45) is 16.6 Å². The molecule has 1 atom stereocenters. The third-order valence-corrected chi connectivity index (χ3v) is 3.88. The summed E-state index contributed by atoms with van der Waals surface area (Å²) in [5.74, 6) is 2.57. The van der Waals surface area contributed by atoms with E-state index in [1.54, 1.807) is 0 Å². The Bertz CT molecular complexity index is 234. The van der Waals surface area contributed by atoms with Gasteiger partial charge in [0.25, 0.3) is 0 Å². The number of hydrogen-bond acceptors (Lipinski definition) is 2. The largest absolute Gasteiger partial charge is 0.370 e. The highest BCUT2D eigenvalue weighted by Gasteiger charge is 2.17. The number of halogens is 1. The van der Waals surface area contributed by atoms with Gasteiger partial charge in [-0.1, -0.05) is 20.8 Å². The van der Waals surface area contributed by atoms with Gasteiger partial charge in [0.2, 0.25) is 0 Å². The lowest BCUT2D eigenvalue weighted by molar-refractivity contribution is 0.270. The van der Waals surface area contributed by atoms with Crippen LogP contribution in [0.2, 0.25) is 0 Å². The summed E-state index contributed by atoms with van der Waals surface area (Å²) in [6, 6.07) is 0. The number of hydrogen-bond donors (Lipinski definition) is 1. The number of likely N-dealkylation sites (tertiary alicyclic amines) is 1. The summed E-state index contributed by atoms with van der Waals surface area (Å²) in [6.07, 6.45) is 2.57. The maximum atomic E-state index is 5.99. The van der Waals surface area contributed by atoms with Crippen LogP contribution in [0.15, 0.2) is 4.99 Å². The molecule has 17 heavy (non-hydrogen) atoms. The van der Waals surface area contributed by atoms with Gasteiger partial charge in [0.15, 0.2) is 5.96 Å². The van der Waals surface area contributed by atoms with E-state index < -0.39 is 0 Å². The van der Waals surface area contributed by atoms with E-state index in [2.05, 4.69) is 30.7 Å². The molecular weight excluding hydrogens is 345 g/mol. The van der Waals surface area contributed by atoms with Gasteiger partial charge in [0, 0.05) is 18.8 Å². The molecule has 3 nitrogen and oxygen atoms in total. The quantitative estimate of drug-likeness (QED) is 0.358. The molecular formula is C12H26IN3S. The van der Waals surface area contributed by atoms with Crippen molar-refractivity contribution in [2.45, 2.75) is 38.9 Å². The standard InChI is InChI=1S/C12H25N3S.HI/c1-10(2)16-8-6-14-12(13)15-7-4-5-11(3)9-15;/h10-11H,4-9H2,1-3H3,(H2,13,14);1H. The Morgan fingerprint density at radius 2 is 2.24 bits per heavy atom.